The first-order valence-electron chi connectivity index (χ1n) is 5.75. The van der Waals surface area contributed by atoms with Gasteiger partial charge in [0.1, 0.15) is 5.69 Å². The molecular weight excluding hydrogens is 324 g/mol. The Morgan fingerprint density at radius 2 is 2.00 bits per heavy atom. The summed E-state index contributed by atoms with van der Waals surface area (Å²) in [5.41, 5.74) is 1.20. The van der Waals surface area contributed by atoms with E-state index in [-0.39, 0.29) is 17.2 Å². The zero-order valence-electron chi connectivity index (χ0n) is 10.6. The van der Waals surface area contributed by atoms with Crippen molar-refractivity contribution in [3.8, 4) is 0 Å². The summed E-state index contributed by atoms with van der Waals surface area (Å²) in [6.07, 6.45) is 0. The van der Waals surface area contributed by atoms with Crippen LogP contribution in [0.2, 0.25) is 0 Å². The van der Waals surface area contributed by atoms with Gasteiger partial charge in [0.2, 0.25) is 0 Å². The van der Waals surface area contributed by atoms with Gasteiger partial charge in [0, 0.05) is 10.2 Å². The van der Waals surface area contributed by atoms with Gasteiger partial charge in [-0.05, 0) is 37.3 Å². The molecule has 0 saturated heterocycles. The molecule has 0 bridgehead atoms. The maximum absolute atomic E-state index is 12.0. The first-order valence-corrected chi connectivity index (χ1v) is 6.54. The molecule has 0 fully saturated rings. The van der Waals surface area contributed by atoms with Gasteiger partial charge in [-0.25, -0.2) is 9.78 Å². The minimum Gasteiger partial charge on any atom is -0.478 e. The molecule has 20 heavy (non-hydrogen) atoms. The molecule has 102 valence electrons. The van der Waals surface area contributed by atoms with E-state index in [4.69, 9.17) is 5.11 Å². The third kappa shape index (κ3) is 3.21. The van der Waals surface area contributed by atoms with Gasteiger partial charge >= 0.3 is 5.97 Å². The van der Waals surface area contributed by atoms with Crippen molar-refractivity contribution < 1.29 is 14.7 Å². The van der Waals surface area contributed by atoms with Crippen LogP contribution in [0, 0.1) is 6.92 Å². The number of carboxylic acids is 1. The fourth-order valence-electron chi connectivity index (χ4n) is 1.67. The monoisotopic (exact) mass is 334 g/mol. The summed E-state index contributed by atoms with van der Waals surface area (Å²) in [5.74, 6) is -1.45. The van der Waals surface area contributed by atoms with E-state index in [2.05, 4.69) is 26.2 Å². The molecule has 0 unspecified atom stereocenters. The summed E-state index contributed by atoms with van der Waals surface area (Å²) in [6, 6.07) is 9.92. The maximum Gasteiger partial charge on any atom is 0.337 e. The predicted octanol–water partition coefficient (Wildman–Crippen LogP) is 3.10. The second-order valence-electron chi connectivity index (χ2n) is 4.10. The number of anilines is 1. The lowest BCUT2D eigenvalue weighted by Gasteiger charge is -2.07. The molecule has 0 aliphatic carbocycles. The highest BCUT2D eigenvalue weighted by atomic mass is 79.9. The number of rotatable bonds is 3. The molecule has 0 aliphatic rings. The lowest BCUT2D eigenvalue weighted by atomic mass is 10.2. The fraction of sp³-hybridized carbons (Fsp3) is 0.0714. The van der Waals surface area contributed by atoms with E-state index in [1.54, 1.807) is 25.1 Å². The molecule has 0 radical (unpaired) electrons. The van der Waals surface area contributed by atoms with E-state index in [9.17, 15) is 9.59 Å². The average Bonchev–Trinajstić information content (AvgIpc) is 2.38. The van der Waals surface area contributed by atoms with Gasteiger partial charge in [0.05, 0.1) is 11.3 Å². The molecule has 1 aromatic heterocycles. The Bertz CT molecular complexity index is 686. The Morgan fingerprint density at radius 1 is 1.25 bits per heavy atom. The second kappa shape index (κ2) is 5.83. The van der Waals surface area contributed by atoms with Crippen molar-refractivity contribution in [1.82, 2.24) is 4.98 Å². The van der Waals surface area contributed by atoms with Gasteiger partial charge in [-0.15, -0.1) is 0 Å². The topological polar surface area (TPSA) is 79.3 Å². The highest BCUT2D eigenvalue weighted by Crippen LogP contribution is 2.16. The van der Waals surface area contributed by atoms with Crippen LogP contribution in [-0.4, -0.2) is 22.0 Å². The molecule has 2 aromatic rings. The van der Waals surface area contributed by atoms with Crippen molar-refractivity contribution in [3.63, 3.8) is 0 Å². The van der Waals surface area contributed by atoms with Crippen LogP contribution in [0.5, 0.6) is 0 Å². The van der Waals surface area contributed by atoms with E-state index in [0.29, 0.717) is 11.4 Å². The first kappa shape index (κ1) is 14.2. The zero-order chi connectivity index (χ0) is 14.7. The van der Waals surface area contributed by atoms with Crippen LogP contribution in [0.1, 0.15) is 26.5 Å². The van der Waals surface area contributed by atoms with Crippen LogP contribution in [-0.2, 0) is 0 Å². The van der Waals surface area contributed by atoms with Crippen molar-refractivity contribution in [1.29, 1.82) is 0 Å². The molecule has 0 atom stereocenters. The molecule has 5 nitrogen and oxygen atoms in total. The lowest BCUT2D eigenvalue weighted by molar-refractivity contribution is 0.0695. The highest BCUT2D eigenvalue weighted by molar-refractivity contribution is 9.10. The van der Waals surface area contributed by atoms with E-state index in [1.807, 2.05) is 6.07 Å². The quantitative estimate of drug-likeness (QED) is 0.903. The van der Waals surface area contributed by atoms with Gasteiger partial charge in [-0.1, -0.05) is 22.0 Å². The number of halogens is 1. The third-order valence-corrected chi connectivity index (χ3v) is 3.12. The van der Waals surface area contributed by atoms with E-state index in [1.165, 1.54) is 12.1 Å². The Morgan fingerprint density at radius 3 is 2.60 bits per heavy atom. The number of benzene rings is 1. The number of nitrogens with one attached hydrogen (secondary N) is 1. The van der Waals surface area contributed by atoms with Gasteiger partial charge in [0.15, 0.2) is 0 Å². The van der Waals surface area contributed by atoms with Crippen LogP contribution in [0.4, 0.5) is 5.69 Å². The van der Waals surface area contributed by atoms with Gasteiger partial charge in [0.25, 0.3) is 5.91 Å². The number of hydrogen-bond acceptors (Lipinski definition) is 3. The molecule has 0 spiro atoms. The number of nitrogens with zero attached hydrogens (tertiary/aromatic N) is 1. The number of pyridine rings is 1. The van der Waals surface area contributed by atoms with Crippen molar-refractivity contribution >= 4 is 33.5 Å². The number of aromatic nitrogens is 1. The molecule has 2 N–H and O–H groups in total. The van der Waals surface area contributed by atoms with Crippen LogP contribution in [0.15, 0.2) is 40.9 Å². The van der Waals surface area contributed by atoms with Crippen LogP contribution in [0.25, 0.3) is 0 Å². The minimum atomic E-state index is -1.06. The molecule has 1 amide bonds. The molecule has 0 aliphatic heterocycles. The van der Waals surface area contributed by atoms with Gasteiger partial charge < -0.3 is 10.4 Å². The molecule has 1 heterocycles. The predicted molar refractivity (Wildman–Crippen MR) is 78.0 cm³/mol. The van der Waals surface area contributed by atoms with Crippen LogP contribution in [0.3, 0.4) is 0 Å². The molecular formula is C14H11BrN2O3. The van der Waals surface area contributed by atoms with Crippen LogP contribution < -0.4 is 5.32 Å². The molecule has 1 aromatic carbocycles. The van der Waals surface area contributed by atoms with E-state index < -0.39 is 5.97 Å². The number of carbonyl (C=O) groups excluding carboxylic acids is 1. The van der Waals surface area contributed by atoms with Gasteiger partial charge in [-0.2, -0.15) is 0 Å². The SMILES string of the molecule is Cc1nc(C(=O)Nc2cccc(Br)c2)ccc1C(=O)O. The van der Waals surface area contributed by atoms with Crippen molar-refractivity contribution in [2.45, 2.75) is 6.92 Å². The summed E-state index contributed by atoms with van der Waals surface area (Å²) in [4.78, 5) is 26.9. The van der Waals surface area contributed by atoms with Crippen molar-refractivity contribution in [3.05, 3.63) is 57.8 Å². The lowest BCUT2D eigenvalue weighted by Crippen LogP contribution is -2.15. The van der Waals surface area contributed by atoms with Crippen LogP contribution >= 0.6 is 15.9 Å². The third-order valence-electron chi connectivity index (χ3n) is 2.63. The highest BCUT2D eigenvalue weighted by Gasteiger charge is 2.13. The van der Waals surface area contributed by atoms with Gasteiger partial charge in [-0.3, -0.25) is 4.79 Å². The second-order valence-corrected chi connectivity index (χ2v) is 5.01. The summed E-state index contributed by atoms with van der Waals surface area (Å²) in [6.45, 7) is 1.55. The van der Waals surface area contributed by atoms with Crippen molar-refractivity contribution in [2.75, 3.05) is 5.32 Å². The number of carbonyl (C=O) groups is 2. The molecule has 6 heteroatoms. The molecule has 0 saturated carbocycles. The largest absolute Gasteiger partial charge is 0.478 e. The Balaban J connectivity index is 2.22. The normalized spacial score (nSPS) is 10.1. The van der Waals surface area contributed by atoms with Crippen molar-refractivity contribution in [2.24, 2.45) is 0 Å². The summed E-state index contributed by atoms with van der Waals surface area (Å²) in [5, 5.41) is 11.6. The molecule has 2 rings (SSSR count). The first-order chi connectivity index (χ1) is 9.47. The Hall–Kier alpha value is -2.21. The summed E-state index contributed by atoms with van der Waals surface area (Å²) in [7, 11) is 0. The van der Waals surface area contributed by atoms with E-state index >= 15 is 0 Å². The minimum absolute atomic E-state index is 0.0870. The smallest absolute Gasteiger partial charge is 0.337 e. The Labute approximate surface area is 123 Å². The standard InChI is InChI=1S/C14H11BrN2O3/c1-8-11(14(19)20)5-6-12(16-8)13(18)17-10-4-2-3-9(15)7-10/h2-7H,1H3,(H,17,18)(H,19,20). The average molecular weight is 335 g/mol. The zero-order valence-corrected chi connectivity index (χ0v) is 12.1. The number of amides is 1. The summed E-state index contributed by atoms with van der Waals surface area (Å²) < 4.78 is 0.848. The fourth-order valence-corrected chi connectivity index (χ4v) is 2.07. The van der Waals surface area contributed by atoms with E-state index in [0.717, 1.165) is 4.47 Å². The number of hydrogen-bond donors (Lipinski definition) is 2. The Kier molecular flexibility index (Phi) is 4.14. The number of aryl methyl sites for hydroxylation is 1. The summed E-state index contributed by atoms with van der Waals surface area (Å²) >= 11 is 3.31. The number of aromatic carboxylic acids is 1. The number of carboxylic acid groups (broad SMARTS) is 1. The maximum atomic E-state index is 12.0.